The van der Waals surface area contributed by atoms with Crippen LogP contribution >= 0.6 is 0 Å². The number of cyclic esters (lactones) is 1. The standard InChI is InChI=1S/C19H18O4/c1-2-22-18(21)16-13-17(20)23-19(16,14-9-5-3-6-10-14)15-11-7-4-8-12-15/h3-12,16H,2,13H2,1H3. The predicted octanol–water partition coefficient (Wildman–Crippen LogP) is 3.06. The molecule has 1 saturated heterocycles. The molecule has 1 heterocycles. The Morgan fingerprint density at radius 1 is 1.09 bits per heavy atom. The van der Waals surface area contributed by atoms with Crippen molar-refractivity contribution in [2.45, 2.75) is 18.9 Å². The van der Waals surface area contributed by atoms with Gasteiger partial charge in [-0.15, -0.1) is 0 Å². The second-order valence-electron chi connectivity index (χ2n) is 5.45. The van der Waals surface area contributed by atoms with E-state index in [9.17, 15) is 9.59 Å². The second-order valence-corrected chi connectivity index (χ2v) is 5.45. The van der Waals surface area contributed by atoms with Crippen LogP contribution in [0, 0.1) is 5.92 Å². The average Bonchev–Trinajstić information content (AvgIpc) is 2.95. The molecule has 2 aromatic rings. The summed E-state index contributed by atoms with van der Waals surface area (Å²) < 4.78 is 11.0. The van der Waals surface area contributed by atoms with Crippen molar-refractivity contribution >= 4 is 11.9 Å². The van der Waals surface area contributed by atoms with Crippen LogP contribution in [0.5, 0.6) is 0 Å². The van der Waals surface area contributed by atoms with Crippen molar-refractivity contribution in [3.63, 3.8) is 0 Å². The highest BCUT2D eigenvalue weighted by Gasteiger charge is 2.56. The van der Waals surface area contributed by atoms with E-state index in [2.05, 4.69) is 0 Å². The zero-order valence-electron chi connectivity index (χ0n) is 12.9. The smallest absolute Gasteiger partial charge is 0.314 e. The molecule has 1 aliphatic rings. The maximum absolute atomic E-state index is 12.5. The maximum atomic E-state index is 12.5. The van der Waals surface area contributed by atoms with Gasteiger partial charge in [0.1, 0.15) is 5.92 Å². The Balaban J connectivity index is 2.19. The van der Waals surface area contributed by atoms with Crippen LogP contribution in [0.2, 0.25) is 0 Å². The molecule has 1 fully saturated rings. The van der Waals surface area contributed by atoms with Crippen LogP contribution in [0.4, 0.5) is 0 Å². The zero-order chi connectivity index (χ0) is 16.3. The molecule has 0 bridgehead atoms. The first-order valence-corrected chi connectivity index (χ1v) is 7.68. The van der Waals surface area contributed by atoms with Crippen LogP contribution in [0.3, 0.4) is 0 Å². The minimum absolute atomic E-state index is 0.0165. The van der Waals surface area contributed by atoms with E-state index in [0.29, 0.717) is 0 Å². The SMILES string of the molecule is CCOC(=O)C1CC(=O)OC1(c1ccccc1)c1ccccc1. The van der Waals surface area contributed by atoms with E-state index in [0.717, 1.165) is 11.1 Å². The van der Waals surface area contributed by atoms with Gasteiger partial charge in [0, 0.05) is 11.1 Å². The summed E-state index contributed by atoms with van der Waals surface area (Å²) in [6.07, 6.45) is 0.0165. The van der Waals surface area contributed by atoms with E-state index in [-0.39, 0.29) is 13.0 Å². The van der Waals surface area contributed by atoms with Crippen molar-refractivity contribution in [1.82, 2.24) is 0 Å². The van der Waals surface area contributed by atoms with Gasteiger partial charge in [0.15, 0.2) is 5.60 Å². The predicted molar refractivity (Wildman–Crippen MR) is 84.5 cm³/mol. The molecule has 23 heavy (non-hydrogen) atoms. The van der Waals surface area contributed by atoms with Gasteiger partial charge in [0.05, 0.1) is 13.0 Å². The molecule has 4 nitrogen and oxygen atoms in total. The number of hydrogen-bond donors (Lipinski definition) is 0. The Labute approximate surface area is 135 Å². The third-order valence-corrected chi connectivity index (χ3v) is 4.11. The van der Waals surface area contributed by atoms with Gasteiger partial charge in [-0.2, -0.15) is 0 Å². The van der Waals surface area contributed by atoms with Gasteiger partial charge in [-0.3, -0.25) is 9.59 Å². The summed E-state index contributed by atoms with van der Waals surface area (Å²) in [7, 11) is 0. The van der Waals surface area contributed by atoms with Crippen molar-refractivity contribution in [3.05, 3.63) is 71.8 Å². The lowest BCUT2D eigenvalue weighted by Crippen LogP contribution is -2.39. The van der Waals surface area contributed by atoms with Gasteiger partial charge in [0.2, 0.25) is 0 Å². The molecule has 0 aliphatic carbocycles. The molecule has 1 unspecified atom stereocenters. The zero-order valence-corrected chi connectivity index (χ0v) is 12.9. The van der Waals surface area contributed by atoms with Gasteiger partial charge in [-0.1, -0.05) is 60.7 Å². The molecule has 1 aliphatic heterocycles. The third-order valence-electron chi connectivity index (χ3n) is 4.11. The number of benzene rings is 2. The first kappa shape index (κ1) is 15.3. The quantitative estimate of drug-likeness (QED) is 0.815. The molecule has 0 N–H and O–H groups in total. The summed E-state index contributed by atoms with van der Waals surface area (Å²) >= 11 is 0. The molecule has 0 saturated carbocycles. The summed E-state index contributed by atoms with van der Waals surface area (Å²) in [5.74, 6) is -1.50. The van der Waals surface area contributed by atoms with E-state index in [1.807, 2.05) is 60.7 Å². The molecule has 0 aromatic heterocycles. The molecule has 0 amide bonds. The van der Waals surface area contributed by atoms with Crippen LogP contribution in [-0.4, -0.2) is 18.5 Å². The van der Waals surface area contributed by atoms with Gasteiger partial charge in [-0.25, -0.2) is 0 Å². The lowest BCUT2D eigenvalue weighted by molar-refractivity contribution is -0.155. The monoisotopic (exact) mass is 310 g/mol. The van der Waals surface area contributed by atoms with E-state index in [1.165, 1.54) is 0 Å². The van der Waals surface area contributed by atoms with Crippen molar-refractivity contribution in [3.8, 4) is 0 Å². The molecule has 3 rings (SSSR count). The fourth-order valence-electron chi connectivity index (χ4n) is 3.15. The molecule has 2 aromatic carbocycles. The average molecular weight is 310 g/mol. The Morgan fingerprint density at radius 2 is 1.61 bits per heavy atom. The van der Waals surface area contributed by atoms with Crippen LogP contribution in [0.25, 0.3) is 0 Å². The van der Waals surface area contributed by atoms with Crippen molar-refractivity contribution < 1.29 is 19.1 Å². The number of esters is 2. The number of carbonyl (C=O) groups excluding carboxylic acids is 2. The van der Waals surface area contributed by atoms with Crippen molar-refractivity contribution in [2.75, 3.05) is 6.61 Å². The molecule has 0 spiro atoms. The van der Waals surface area contributed by atoms with Crippen LogP contribution < -0.4 is 0 Å². The first-order chi connectivity index (χ1) is 11.2. The largest absolute Gasteiger partial charge is 0.466 e. The van der Waals surface area contributed by atoms with Crippen LogP contribution in [0.1, 0.15) is 24.5 Å². The Hall–Kier alpha value is -2.62. The Bertz CT molecular complexity index is 654. The third kappa shape index (κ3) is 2.61. The van der Waals surface area contributed by atoms with Gasteiger partial charge in [-0.05, 0) is 6.92 Å². The number of carbonyl (C=O) groups is 2. The molecule has 1 atom stereocenters. The normalized spacial score (nSPS) is 19.2. The van der Waals surface area contributed by atoms with E-state index >= 15 is 0 Å². The number of rotatable bonds is 4. The van der Waals surface area contributed by atoms with Gasteiger partial charge < -0.3 is 9.47 Å². The molecular formula is C19H18O4. The number of ether oxygens (including phenoxy) is 2. The number of hydrogen-bond acceptors (Lipinski definition) is 4. The van der Waals surface area contributed by atoms with E-state index in [1.54, 1.807) is 6.92 Å². The van der Waals surface area contributed by atoms with Crippen LogP contribution in [0.15, 0.2) is 60.7 Å². The highest BCUT2D eigenvalue weighted by Crippen LogP contribution is 2.47. The summed E-state index contributed by atoms with van der Waals surface area (Å²) in [6, 6.07) is 18.7. The summed E-state index contributed by atoms with van der Waals surface area (Å²) in [5, 5.41) is 0. The molecule has 4 heteroatoms. The lowest BCUT2D eigenvalue weighted by Gasteiger charge is -2.33. The summed E-state index contributed by atoms with van der Waals surface area (Å²) in [6.45, 7) is 2.02. The Kier molecular flexibility index (Phi) is 4.15. The lowest BCUT2D eigenvalue weighted by atomic mass is 9.76. The topological polar surface area (TPSA) is 52.6 Å². The maximum Gasteiger partial charge on any atom is 0.314 e. The van der Waals surface area contributed by atoms with E-state index < -0.39 is 23.5 Å². The minimum atomic E-state index is -1.13. The highest BCUT2D eigenvalue weighted by atomic mass is 16.6. The molecule has 118 valence electrons. The van der Waals surface area contributed by atoms with Gasteiger partial charge >= 0.3 is 11.9 Å². The molecule has 0 radical (unpaired) electrons. The summed E-state index contributed by atoms with van der Waals surface area (Å²) in [5.41, 5.74) is 0.413. The Morgan fingerprint density at radius 3 is 2.09 bits per heavy atom. The molecular weight excluding hydrogens is 292 g/mol. The van der Waals surface area contributed by atoms with Crippen LogP contribution in [-0.2, 0) is 24.7 Å². The highest BCUT2D eigenvalue weighted by molar-refractivity contribution is 5.86. The fraction of sp³-hybridized carbons (Fsp3) is 0.263. The van der Waals surface area contributed by atoms with Crippen molar-refractivity contribution in [2.24, 2.45) is 5.92 Å². The second kappa shape index (κ2) is 6.24. The van der Waals surface area contributed by atoms with E-state index in [4.69, 9.17) is 9.47 Å². The summed E-state index contributed by atoms with van der Waals surface area (Å²) in [4.78, 5) is 24.6. The van der Waals surface area contributed by atoms with Crippen molar-refractivity contribution in [1.29, 1.82) is 0 Å². The first-order valence-electron chi connectivity index (χ1n) is 7.68. The minimum Gasteiger partial charge on any atom is -0.466 e. The fourth-order valence-corrected chi connectivity index (χ4v) is 3.15. The van der Waals surface area contributed by atoms with Gasteiger partial charge in [0.25, 0.3) is 0 Å².